The molecule has 1 aliphatic heterocycles. The van der Waals surface area contributed by atoms with Crippen LogP contribution >= 0.6 is 0 Å². The van der Waals surface area contributed by atoms with Crippen molar-refractivity contribution >= 4 is 49.2 Å². The third kappa shape index (κ3) is 3.34. The van der Waals surface area contributed by atoms with Gasteiger partial charge in [-0.2, -0.15) is 0 Å². The molecule has 6 rings (SSSR count). The van der Waals surface area contributed by atoms with E-state index >= 15 is 0 Å². The summed E-state index contributed by atoms with van der Waals surface area (Å²) in [6.45, 7) is 0. The van der Waals surface area contributed by atoms with Gasteiger partial charge in [0.1, 0.15) is 17.3 Å². The second-order valence-electron chi connectivity index (χ2n) is 8.33. The lowest BCUT2D eigenvalue weighted by atomic mass is 10.00. The van der Waals surface area contributed by atoms with E-state index in [0.29, 0.717) is 22.2 Å². The lowest BCUT2D eigenvalue weighted by molar-refractivity contribution is 0.0739. The Bertz CT molecular complexity index is 1480. The molecule has 0 aliphatic carbocycles. The van der Waals surface area contributed by atoms with Crippen LogP contribution < -0.4 is 4.74 Å². The Labute approximate surface area is 190 Å². The van der Waals surface area contributed by atoms with E-state index in [1.165, 1.54) is 40.0 Å². The smallest absolute Gasteiger partial charge is 0.344 e. The van der Waals surface area contributed by atoms with Crippen molar-refractivity contribution in [2.24, 2.45) is 0 Å². The summed E-state index contributed by atoms with van der Waals surface area (Å²) in [6.07, 6.45) is 2.62. The Balaban J connectivity index is 1.42. The summed E-state index contributed by atoms with van der Waals surface area (Å²) >= 11 is 0. The van der Waals surface area contributed by atoms with Crippen LogP contribution in [-0.2, 0) is 10.9 Å². The number of fused-ring (bicyclic) bond motifs is 3. The molecular formula is C29H23O2S+. The van der Waals surface area contributed by atoms with Crippen molar-refractivity contribution < 1.29 is 9.53 Å². The number of ether oxygens (including phenoxy) is 1. The Morgan fingerprint density at radius 3 is 2.16 bits per heavy atom. The Kier molecular flexibility index (Phi) is 4.84. The standard InChI is InChI=1S/C29H23O2S/c30-29(25-13-7-10-22-18-20-8-1-2-9-21(20)19-26(22)25)31-27-14-15-28(32-16-5-6-17-32)24-12-4-3-11-23(24)27/h1-4,7-15,18-19H,5-6,16-17H2/q+1. The predicted octanol–water partition coefficient (Wildman–Crippen LogP) is 7.14. The van der Waals surface area contributed by atoms with Gasteiger partial charge in [0.2, 0.25) is 0 Å². The van der Waals surface area contributed by atoms with Crippen LogP contribution in [0.3, 0.4) is 0 Å². The van der Waals surface area contributed by atoms with E-state index in [1.54, 1.807) is 0 Å². The van der Waals surface area contributed by atoms with Crippen molar-refractivity contribution in [2.75, 3.05) is 11.5 Å². The summed E-state index contributed by atoms with van der Waals surface area (Å²) in [5.41, 5.74) is 0.596. The van der Waals surface area contributed by atoms with Gasteiger partial charge in [-0.25, -0.2) is 4.79 Å². The molecule has 1 aliphatic rings. The highest BCUT2D eigenvalue weighted by molar-refractivity contribution is 7.97. The Morgan fingerprint density at radius 2 is 1.34 bits per heavy atom. The molecule has 0 atom stereocenters. The van der Waals surface area contributed by atoms with Gasteiger partial charge < -0.3 is 4.74 Å². The molecule has 5 aromatic carbocycles. The number of rotatable bonds is 3. The molecule has 0 N–H and O–H groups in total. The van der Waals surface area contributed by atoms with Gasteiger partial charge in [0, 0.05) is 21.7 Å². The van der Waals surface area contributed by atoms with Crippen LogP contribution in [0.5, 0.6) is 5.75 Å². The minimum Gasteiger partial charge on any atom is -0.422 e. The summed E-state index contributed by atoms with van der Waals surface area (Å²) in [5, 5.41) is 6.48. The van der Waals surface area contributed by atoms with Crippen molar-refractivity contribution in [3.8, 4) is 5.75 Å². The fourth-order valence-electron chi connectivity index (χ4n) is 4.76. The van der Waals surface area contributed by atoms with E-state index in [1.807, 2.05) is 42.5 Å². The second kappa shape index (κ2) is 7.99. The average Bonchev–Trinajstić information content (AvgIpc) is 3.37. The van der Waals surface area contributed by atoms with Gasteiger partial charge in [0.05, 0.1) is 5.56 Å². The van der Waals surface area contributed by atoms with Gasteiger partial charge in [0.15, 0.2) is 4.90 Å². The lowest BCUT2D eigenvalue weighted by Crippen LogP contribution is -2.10. The topological polar surface area (TPSA) is 26.3 Å². The molecule has 1 saturated heterocycles. The number of carbonyl (C=O) groups excluding carboxylic acids is 1. The normalized spacial score (nSPS) is 14.4. The molecule has 1 fully saturated rings. The first-order valence-electron chi connectivity index (χ1n) is 11.1. The molecule has 5 aromatic rings. The molecular weight excluding hydrogens is 412 g/mol. The molecule has 32 heavy (non-hydrogen) atoms. The van der Waals surface area contributed by atoms with Crippen LogP contribution in [0.2, 0.25) is 0 Å². The zero-order chi connectivity index (χ0) is 21.5. The van der Waals surface area contributed by atoms with Crippen LogP contribution in [0.15, 0.2) is 95.9 Å². The molecule has 0 aromatic heterocycles. The van der Waals surface area contributed by atoms with Crippen LogP contribution in [0, 0.1) is 0 Å². The highest BCUT2D eigenvalue weighted by Gasteiger charge is 2.29. The van der Waals surface area contributed by atoms with Crippen LogP contribution in [-0.4, -0.2) is 17.5 Å². The summed E-state index contributed by atoms with van der Waals surface area (Å²) in [5.74, 6) is 2.86. The van der Waals surface area contributed by atoms with Crippen molar-refractivity contribution in [3.05, 3.63) is 96.6 Å². The van der Waals surface area contributed by atoms with E-state index in [0.717, 1.165) is 21.5 Å². The van der Waals surface area contributed by atoms with E-state index < -0.39 is 0 Å². The van der Waals surface area contributed by atoms with E-state index in [-0.39, 0.29) is 5.97 Å². The minimum absolute atomic E-state index is 0.305. The molecule has 2 nitrogen and oxygen atoms in total. The second-order valence-corrected chi connectivity index (χ2v) is 10.6. The minimum atomic E-state index is -0.313. The Hall–Kier alpha value is -3.30. The number of hydrogen-bond acceptors (Lipinski definition) is 2. The zero-order valence-electron chi connectivity index (χ0n) is 17.7. The number of esters is 1. The highest BCUT2D eigenvalue weighted by Crippen LogP contribution is 2.35. The van der Waals surface area contributed by atoms with Crippen LogP contribution in [0.4, 0.5) is 0 Å². The molecule has 0 bridgehead atoms. The molecule has 0 amide bonds. The van der Waals surface area contributed by atoms with Crippen molar-refractivity contribution in [1.29, 1.82) is 0 Å². The maximum absolute atomic E-state index is 13.3. The van der Waals surface area contributed by atoms with E-state index in [4.69, 9.17) is 4.74 Å². The monoisotopic (exact) mass is 435 g/mol. The quantitative estimate of drug-likeness (QED) is 0.130. The SMILES string of the molecule is O=C(Oc1ccc([S+]2CCCC2)c2ccccc12)c1cccc2cc3ccccc3cc12. The first-order valence-corrected chi connectivity index (χ1v) is 12.7. The molecule has 0 saturated carbocycles. The molecule has 156 valence electrons. The van der Waals surface area contributed by atoms with Crippen molar-refractivity contribution in [3.63, 3.8) is 0 Å². The first-order chi connectivity index (χ1) is 15.8. The number of carbonyl (C=O) groups is 1. The van der Waals surface area contributed by atoms with Gasteiger partial charge in [0.25, 0.3) is 0 Å². The van der Waals surface area contributed by atoms with Gasteiger partial charge in [-0.3, -0.25) is 0 Å². The van der Waals surface area contributed by atoms with Crippen molar-refractivity contribution in [2.45, 2.75) is 17.7 Å². The van der Waals surface area contributed by atoms with Gasteiger partial charge in [-0.1, -0.05) is 54.6 Å². The van der Waals surface area contributed by atoms with Gasteiger partial charge in [-0.05, 0) is 70.8 Å². The zero-order valence-corrected chi connectivity index (χ0v) is 18.5. The number of hydrogen-bond donors (Lipinski definition) is 0. The third-order valence-electron chi connectivity index (χ3n) is 6.36. The molecule has 0 unspecified atom stereocenters. The maximum atomic E-state index is 13.3. The largest absolute Gasteiger partial charge is 0.422 e. The molecule has 3 heteroatoms. The van der Waals surface area contributed by atoms with E-state index in [9.17, 15) is 4.79 Å². The highest BCUT2D eigenvalue weighted by atomic mass is 32.2. The van der Waals surface area contributed by atoms with E-state index in [2.05, 4.69) is 48.5 Å². The predicted molar refractivity (Wildman–Crippen MR) is 135 cm³/mol. The molecule has 0 spiro atoms. The average molecular weight is 436 g/mol. The van der Waals surface area contributed by atoms with Gasteiger partial charge >= 0.3 is 5.97 Å². The summed E-state index contributed by atoms with van der Waals surface area (Å²) < 4.78 is 6.02. The maximum Gasteiger partial charge on any atom is 0.344 e. The third-order valence-corrected chi connectivity index (χ3v) is 8.90. The first kappa shape index (κ1) is 19.4. The summed E-state index contributed by atoms with van der Waals surface area (Å²) in [4.78, 5) is 14.7. The fraction of sp³-hybridized carbons (Fsp3) is 0.138. The summed E-state index contributed by atoms with van der Waals surface area (Å²) in [6, 6.07) is 30.8. The molecule has 0 radical (unpaired) electrons. The molecule has 1 heterocycles. The van der Waals surface area contributed by atoms with Crippen LogP contribution in [0.25, 0.3) is 32.3 Å². The van der Waals surface area contributed by atoms with Crippen molar-refractivity contribution in [1.82, 2.24) is 0 Å². The number of benzene rings is 5. The Morgan fingerprint density at radius 1 is 0.656 bits per heavy atom. The van der Waals surface area contributed by atoms with Gasteiger partial charge in [-0.15, -0.1) is 0 Å². The fourth-order valence-corrected chi connectivity index (χ4v) is 7.26. The lowest BCUT2D eigenvalue weighted by Gasteiger charge is -2.12. The summed E-state index contributed by atoms with van der Waals surface area (Å²) in [7, 11) is 0.305. The van der Waals surface area contributed by atoms with Crippen LogP contribution in [0.1, 0.15) is 23.2 Å².